The number of rotatable bonds is 8. The second-order valence-electron chi connectivity index (χ2n) is 5.65. The van der Waals surface area contributed by atoms with Gasteiger partial charge in [-0.15, -0.1) is 0 Å². The summed E-state index contributed by atoms with van der Waals surface area (Å²) in [5.41, 5.74) is 1.58. The maximum atomic E-state index is 12.0. The van der Waals surface area contributed by atoms with E-state index in [1.807, 2.05) is 37.3 Å². The predicted octanol–water partition coefficient (Wildman–Crippen LogP) is 3.97. The molecular formula is C18H24N2O2. The van der Waals surface area contributed by atoms with E-state index < -0.39 is 0 Å². The molecule has 2 rings (SSSR count). The Morgan fingerprint density at radius 2 is 2.05 bits per heavy atom. The van der Waals surface area contributed by atoms with Crippen LogP contribution >= 0.6 is 0 Å². The molecule has 0 saturated carbocycles. The van der Waals surface area contributed by atoms with Gasteiger partial charge in [-0.05, 0) is 25.5 Å². The molecular weight excluding hydrogens is 276 g/mol. The van der Waals surface area contributed by atoms with Gasteiger partial charge in [-0.25, -0.2) is 4.98 Å². The minimum absolute atomic E-state index is 0.00286. The van der Waals surface area contributed by atoms with Crippen LogP contribution in [0.4, 0.5) is 0 Å². The molecule has 0 aliphatic rings. The second kappa shape index (κ2) is 8.37. The van der Waals surface area contributed by atoms with E-state index in [1.54, 1.807) is 6.26 Å². The number of oxazole rings is 1. The maximum Gasteiger partial charge on any atom is 0.226 e. The van der Waals surface area contributed by atoms with Crippen LogP contribution in [0.2, 0.25) is 0 Å². The van der Waals surface area contributed by atoms with Gasteiger partial charge in [-0.2, -0.15) is 0 Å². The highest BCUT2D eigenvalue weighted by Gasteiger charge is 2.12. The molecule has 1 amide bonds. The third-order valence-corrected chi connectivity index (χ3v) is 3.56. The zero-order valence-corrected chi connectivity index (χ0v) is 13.3. The van der Waals surface area contributed by atoms with Crippen molar-refractivity contribution in [3.63, 3.8) is 0 Å². The van der Waals surface area contributed by atoms with Crippen molar-refractivity contribution in [2.75, 3.05) is 0 Å². The number of nitrogens with one attached hydrogen (secondary N) is 1. The minimum atomic E-state index is -0.00286. The van der Waals surface area contributed by atoms with Crippen LogP contribution in [0.25, 0.3) is 11.5 Å². The first-order valence-corrected chi connectivity index (χ1v) is 7.98. The van der Waals surface area contributed by atoms with Crippen LogP contribution in [0, 0.1) is 0 Å². The molecule has 0 bridgehead atoms. The summed E-state index contributed by atoms with van der Waals surface area (Å²) in [6.45, 7) is 4.23. The topological polar surface area (TPSA) is 55.1 Å². The van der Waals surface area contributed by atoms with E-state index in [1.165, 1.54) is 12.8 Å². The normalized spacial score (nSPS) is 12.1. The van der Waals surface area contributed by atoms with Crippen molar-refractivity contribution in [2.24, 2.45) is 0 Å². The van der Waals surface area contributed by atoms with Crippen LogP contribution in [-0.2, 0) is 11.2 Å². The van der Waals surface area contributed by atoms with Crippen molar-refractivity contribution >= 4 is 5.91 Å². The van der Waals surface area contributed by atoms with Gasteiger partial charge in [0.25, 0.3) is 0 Å². The number of nitrogens with zero attached hydrogens (tertiary/aromatic N) is 1. The quantitative estimate of drug-likeness (QED) is 0.750. The first-order chi connectivity index (χ1) is 10.7. The van der Waals surface area contributed by atoms with E-state index in [2.05, 4.69) is 17.2 Å². The number of carbonyl (C=O) groups excluding carboxylic acids is 1. The number of hydrogen-bond acceptors (Lipinski definition) is 3. The molecule has 0 aliphatic carbocycles. The fourth-order valence-electron chi connectivity index (χ4n) is 2.36. The van der Waals surface area contributed by atoms with Gasteiger partial charge in [0.1, 0.15) is 6.26 Å². The summed E-state index contributed by atoms with van der Waals surface area (Å²) in [6.07, 6.45) is 6.40. The molecule has 0 radical (unpaired) electrons. The number of unbranched alkanes of at least 4 members (excludes halogenated alkanes) is 2. The standard InChI is InChI=1S/C18H24N2O2/c1-3-4-6-9-14(2)19-17(21)12-16-13-22-18(20-16)15-10-7-5-8-11-15/h5,7-8,10-11,13-14H,3-4,6,9,12H2,1-2H3,(H,19,21). The Hall–Kier alpha value is -2.10. The number of aromatic nitrogens is 1. The summed E-state index contributed by atoms with van der Waals surface area (Å²) >= 11 is 0. The summed E-state index contributed by atoms with van der Waals surface area (Å²) in [7, 11) is 0. The van der Waals surface area contributed by atoms with Gasteiger partial charge in [-0.1, -0.05) is 44.4 Å². The van der Waals surface area contributed by atoms with Crippen LogP contribution in [0.3, 0.4) is 0 Å². The molecule has 1 aromatic carbocycles. The molecule has 0 aliphatic heterocycles. The lowest BCUT2D eigenvalue weighted by Gasteiger charge is -2.12. The Labute approximate surface area is 131 Å². The number of benzene rings is 1. The summed E-state index contributed by atoms with van der Waals surface area (Å²) in [4.78, 5) is 16.4. The van der Waals surface area contributed by atoms with Gasteiger partial charge in [0.15, 0.2) is 0 Å². The zero-order valence-electron chi connectivity index (χ0n) is 13.3. The lowest BCUT2D eigenvalue weighted by Crippen LogP contribution is -2.33. The fraction of sp³-hybridized carbons (Fsp3) is 0.444. The van der Waals surface area contributed by atoms with Crippen molar-refractivity contribution < 1.29 is 9.21 Å². The van der Waals surface area contributed by atoms with Gasteiger partial charge in [0.05, 0.1) is 12.1 Å². The number of carbonyl (C=O) groups is 1. The molecule has 0 fully saturated rings. The lowest BCUT2D eigenvalue weighted by molar-refractivity contribution is -0.121. The number of hydrogen-bond donors (Lipinski definition) is 1. The Balaban J connectivity index is 1.83. The Kier molecular flexibility index (Phi) is 6.19. The second-order valence-corrected chi connectivity index (χ2v) is 5.65. The zero-order chi connectivity index (χ0) is 15.8. The van der Waals surface area contributed by atoms with Crippen molar-refractivity contribution in [3.05, 3.63) is 42.3 Å². The monoisotopic (exact) mass is 300 g/mol. The summed E-state index contributed by atoms with van der Waals surface area (Å²) < 4.78 is 5.44. The summed E-state index contributed by atoms with van der Waals surface area (Å²) in [6, 6.07) is 9.89. The van der Waals surface area contributed by atoms with Crippen molar-refractivity contribution in [1.29, 1.82) is 0 Å². The van der Waals surface area contributed by atoms with Crippen LogP contribution in [0.1, 0.15) is 45.2 Å². The van der Waals surface area contributed by atoms with E-state index in [-0.39, 0.29) is 18.4 Å². The average molecular weight is 300 g/mol. The van der Waals surface area contributed by atoms with Crippen LogP contribution in [-0.4, -0.2) is 16.9 Å². The molecule has 0 saturated heterocycles. The van der Waals surface area contributed by atoms with E-state index >= 15 is 0 Å². The number of amides is 1. The highest BCUT2D eigenvalue weighted by atomic mass is 16.3. The van der Waals surface area contributed by atoms with E-state index in [0.717, 1.165) is 18.4 Å². The van der Waals surface area contributed by atoms with Gasteiger partial charge in [0.2, 0.25) is 11.8 Å². The molecule has 1 aromatic heterocycles. The van der Waals surface area contributed by atoms with Crippen molar-refractivity contribution in [3.8, 4) is 11.5 Å². The lowest BCUT2D eigenvalue weighted by atomic mass is 10.1. The van der Waals surface area contributed by atoms with E-state index in [4.69, 9.17) is 4.42 Å². The van der Waals surface area contributed by atoms with E-state index in [0.29, 0.717) is 11.6 Å². The predicted molar refractivity (Wildman–Crippen MR) is 87.4 cm³/mol. The summed E-state index contributed by atoms with van der Waals surface area (Å²) in [5, 5.41) is 3.02. The third kappa shape index (κ3) is 5.02. The smallest absolute Gasteiger partial charge is 0.226 e. The van der Waals surface area contributed by atoms with Crippen LogP contribution in [0.5, 0.6) is 0 Å². The maximum absolute atomic E-state index is 12.0. The summed E-state index contributed by atoms with van der Waals surface area (Å²) in [5.74, 6) is 0.552. The van der Waals surface area contributed by atoms with Crippen LogP contribution in [0.15, 0.2) is 41.0 Å². The molecule has 118 valence electrons. The van der Waals surface area contributed by atoms with Gasteiger partial charge in [0, 0.05) is 11.6 Å². The minimum Gasteiger partial charge on any atom is -0.444 e. The molecule has 22 heavy (non-hydrogen) atoms. The SMILES string of the molecule is CCCCCC(C)NC(=O)Cc1coc(-c2ccccc2)n1. The largest absolute Gasteiger partial charge is 0.444 e. The van der Waals surface area contributed by atoms with Crippen molar-refractivity contribution in [1.82, 2.24) is 10.3 Å². The Morgan fingerprint density at radius 3 is 2.77 bits per heavy atom. The Bertz CT molecular complexity index is 578. The molecule has 0 spiro atoms. The molecule has 1 unspecified atom stereocenters. The first kappa shape index (κ1) is 16.3. The van der Waals surface area contributed by atoms with Gasteiger partial charge in [-0.3, -0.25) is 4.79 Å². The molecule has 1 heterocycles. The van der Waals surface area contributed by atoms with Crippen LogP contribution < -0.4 is 5.32 Å². The molecule has 4 nitrogen and oxygen atoms in total. The van der Waals surface area contributed by atoms with Gasteiger partial charge < -0.3 is 9.73 Å². The first-order valence-electron chi connectivity index (χ1n) is 7.98. The highest BCUT2D eigenvalue weighted by molar-refractivity contribution is 5.78. The molecule has 1 atom stereocenters. The van der Waals surface area contributed by atoms with E-state index in [9.17, 15) is 4.79 Å². The molecule has 1 N–H and O–H groups in total. The molecule has 4 heteroatoms. The third-order valence-electron chi connectivity index (χ3n) is 3.56. The highest BCUT2D eigenvalue weighted by Crippen LogP contribution is 2.18. The molecule has 2 aromatic rings. The van der Waals surface area contributed by atoms with Crippen molar-refractivity contribution in [2.45, 2.75) is 52.0 Å². The fourth-order valence-corrected chi connectivity index (χ4v) is 2.36. The Morgan fingerprint density at radius 1 is 1.27 bits per heavy atom. The van der Waals surface area contributed by atoms with Gasteiger partial charge >= 0.3 is 0 Å². The average Bonchev–Trinajstić information content (AvgIpc) is 2.96.